The lowest BCUT2D eigenvalue weighted by molar-refractivity contribution is -0.118. The second kappa shape index (κ2) is 9.25. The number of ether oxygens (including phenoxy) is 2. The summed E-state index contributed by atoms with van der Waals surface area (Å²) in [6, 6.07) is 8.98. The van der Waals surface area contributed by atoms with Crippen LogP contribution in [0.25, 0.3) is 0 Å². The summed E-state index contributed by atoms with van der Waals surface area (Å²) in [6.07, 6.45) is 2.74. The Hall–Kier alpha value is -3.13. The molecule has 0 saturated carbocycles. The number of anilines is 1. The molecule has 2 aromatic rings. The van der Waals surface area contributed by atoms with Crippen molar-refractivity contribution in [3.63, 3.8) is 0 Å². The van der Waals surface area contributed by atoms with E-state index in [-0.39, 0.29) is 17.1 Å². The highest BCUT2D eigenvalue weighted by Gasteiger charge is 2.43. The number of methoxy groups -OCH3 is 2. The van der Waals surface area contributed by atoms with E-state index in [1.165, 1.54) is 0 Å². The molecule has 7 nitrogen and oxygen atoms in total. The molecule has 1 aromatic carbocycles. The molecule has 2 N–H and O–H groups in total. The number of halogens is 1. The van der Waals surface area contributed by atoms with E-state index in [1.807, 2.05) is 19.1 Å². The molecular weight excluding hydrogens is 498 g/mol. The summed E-state index contributed by atoms with van der Waals surface area (Å²) in [5.41, 5.74) is 3.20. The van der Waals surface area contributed by atoms with Crippen molar-refractivity contribution in [2.24, 2.45) is 5.41 Å². The lowest BCUT2D eigenvalue weighted by Crippen LogP contribution is -2.39. The molecular formula is C26H28BrN3O4. The smallest absolute Gasteiger partial charge is 0.255 e. The molecule has 34 heavy (non-hydrogen) atoms. The predicted octanol–water partition coefficient (Wildman–Crippen LogP) is 5.10. The van der Waals surface area contributed by atoms with E-state index in [1.54, 1.807) is 38.6 Å². The van der Waals surface area contributed by atoms with Crippen LogP contribution in [0.5, 0.6) is 11.5 Å². The Morgan fingerprint density at radius 3 is 2.59 bits per heavy atom. The van der Waals surface area contributed by atoms with Crippen molar-refractivity contribution in [3.8, 4) is 11.5 Å². The number of pyridine rings is 1. The number of carbonyl (C=O) groups is 2. The van der Waals surface area contributed by atoms with Crippen LogP contribution >= 0.6 is 15.9 Å². The standard InChI is InChI=1S/C26H28BrN3O4/c1-14-22(25(32)30-21-9-6-15(27)13-28-21)23(17-8-7-16(33-4)10-20(17)34-5)24-18(29-14)11-26(2,3)12-19(24)31/h6-10,13,23,29H,11-12H2,1-5H3,(H,28,30,32)/t23-/m0/s1. The van der Waals surface area contributed by atoms with Crippen molar-refractivity contribution in [2.45, 2.75) is 39.5 Å². The number of amides is 1. The molecule has 2 heterocycles. The Balaban J connectivity index is 1.85. The van der Waals surface area contributed by atoms with E-state index in [4.69, 9.17) is 9.47 Å². The molecule has 0 radical (unpaired) electrons. The topological polar surface area (TPSA) is 89.5 Å². The fraction of sp³-hybridized carbons (Fsp3) is 0.346. The highest BCUT2D eigenvalue weighted by atomic mass is 79.9. The minimum atomic E-state index is -0.587. The van der Waals surface area contributed by atoms with Gasteiger partial charge >= 0.3 is 0 Å². The third-order valence-corrected chi connectivity index (χ3v) is 6.67. The summed E-state index contributed by atoms with van der Waals surface area (Å²) in [4.78, 5) is 31.4. The Bertz CT molecular complexity index is 1220. The number of hydrogen-bond donors (Lipinski definition) is 2. The number of dihydropyridines is 1. The van der Waals surface area contributed by atoms with E-state index < -0.39 is 5.92 Å². The number of rotatable bonds is 5. The number of benzene rings is 1. The van der Waals surface area contributed by atoms with E-state index >= 15 is 0 Å². The zero-order valence-corrected chi connectivity index (χ0v) is 21.5. The number of ketones is 1. The minimum Gasteiger partial charge on any atom is -0.497 e. The molecule has 0 fully saturated rings. The van der Waals surface area contributed by atoms with Gasteiger partial charge in [0.1, 0.15) is 17.3 Å². The number of carbonyl (C=O) groups excluding carboxylic acids is 2. The van der Waals surface area contributed by atoms with Gasteiger partial charge in [-0.05, 0) is 52.9 Å². The number of hydrogen-bond acceptors (Lipinski definition) is 6. The SMILES string of the molecule is COc1ccc([C@H]2C(C(=O)Nc3ccc(Br)cn3)=C(C)NC3=C2C(=O)CC(C)(C)C3)c(OC)c1. The van der Waals surface area contributed by atoms with Crippen LogP contribution in [-0.2, 0) is 9.59 Å². The monoisotopic (exact) mass is 525 g/mol. The van der Waals surface area contributed by atoms with Gasteiger partial charge in [0.15, 0.2) is 5.78 Å². The average molecular weight is 526 g/mol. The third-order valence-electron chi connectivity index (χ3n) is 6.20. The Morgan fingerprint density at radius 2 is 1.94 bits per heavy atom. The van der Waals surface area contributed by atoms with Crippen LogP contribution in [0.1, 0.15) is 45.1 Å². The van der Waals surface area contributed by atoms with Crippen molar-refractivity contribution in [1.82, 2.24) is 10.3 Å². The number of nitrogens with one attached hydrogen (secondary N) is 2. The van der Waals surface area contributed by atoms with Crippen LogP contribution < -0.4 is 20.1 Å². The van der Waals surface area contributed by atoms with E-state index in [9.17, 15) is 9.59 Å². The van der Waals surface area contributed by atoms with Crippen LogP contribution in [0.15, 0.2) is 63.5 Å². The van der Waals surface area contributed by atoms with Gasteiger partial charge in [0.2, 0.25) is 0 Å². The van der Waals surface area contributed by atoms with E-state index in [0.717, 1.165) is 15.7 Å². The summed E-state index contributed by atoms with van der Waals surface area (Å²) < 4.78 is 11.9. The van der Waals surface area contributed by atoms with Gasteiger partial charge in [-0.3, -0.25) is 9.59 Å². The maximum Gasteiger partial charge on any atom is 0.255 e. The largest absolute Gasteiger partial charge is 0.497 e. The zero-order chi connectivity index (χ0) is 24.6. The third kappa shape index (κ3) is 4.59. The molecule has 8 heteroatoms. The van der Waals surface area contributed by atoms with Crippen molar-refractivity contribution in [1.29, 1.82) is 0 Å². The fourth-order valence-electron chi connectivity index (χ4n) is 4.74. The first-order chi connectivity index (χ1) is 16.1. The molecule has 1 aliphatic carbocycles. The van der Waals surface area contributed by atoms with Crippen molar-refractivity contribution < 1.29 is 19.1 Å². The van der Waals surface area contributed by atoms with E-state index in [0.29, 0.717) is 47.0 Å². The van der Waals surface area contributed by atoms with Gasteiger partial charge in [-0.25, -0.2) is 4.98 Å². The maximum atomic E-state index is 13.6. The molecule has 1 aromatic heterocycles. The molecule has 0 spiro atoms. The second-order valence-corrected chi connectivity index (χ2v) is 10.3. The average Bonchev–Trinajstić information content (AvgIpc) is 2.78. The first kappa shape index (κ1) is 24.0. The first-order valence-corrected chi connectivity index (χ1v) is 11.8. The van der Waals surface area contributed by atoms with Gasteiger partial charge in [0.25, 0.3) is 5.91 Å². The summed E-state index contributed by atoms with van der Waals surface area (Å²) in [5.74, 6) is 0.718. The fourth-order valence-corrected chi connectivity index (χ4v) is 4.97. The number of aromatic nitrogens is 1. The predicted molar refractivity (Wildman–Crippen MR) is 134 cm³/mol. The van der Waals surface area contributed by atoms with Crippen molar-refractivity contribution in [3.05, 3.63) is 69.1 Å². The van der Waals surface area contributed by atoms with Crippen LogP contribution in [0.4, 0.5) is 5.82 Å². The first-order valence-electron chi connectivity index (χ1n) is 11.0. The number of nitrogens with zero attached hydrogens (tertiary/aromatic N) is 1. The van der Waals surface area contributed by atoms with Crippen LogP contribution in [0.3, 0.4) is 0 Å². The van der Waals surface area contributed by atoms with Gasteiger partial charge < -0.3 is 20.1 Å². The van der Waals surface area contributed by atoms with Gasteiger partial charge in [-0.1, -0.05) is 19.9 Å². The molecule has 0 bridgehead atoms. The summed E-state index contributed by atoms with van der Waals surface area (Å²) in [6.45, 7) is 6.03. The molecule has 178 valence electrons. The number of allylic oxidation sites excluding steroid dienone is 3. The Labute approximate surface area is 207 Å². The van der Waals surface area contributed by atoms with Crippen LogP contribution in [0, 0.1) is 5.41 Å². The van der Waals surface area contributed by atoms with E-state index in [2.05, 4.69) is 45.4 Å². The highest BCUT2D eigenvalue weighted by molar-refractivity contribution is 9.10. The minimum absolute atomic E-state index is 0.0289. The van der Waals surface area contributed by atoms with Crippen LogP contribution in [0.2, 0.25) is 0 Å². The quantitative estimate of drug-likeness (QED) is 0.564. The van der Waals surface area contributed by atoms with Crippen LogP contribution in [-0.4, -0.2) is 30.9 Å². The summed E-state index contributed by atoms with van der Waals surface area (Å²) >= 11 is 3.36. The molecule has 1 atom stereocenters. The molecule has 2 aliphatic rings. The maximum absolute atomic E-state index is 13.6. The highest BCUT2D eigenvalue weighted by Crippen LogP contribution is 2.49. The van der Waals surface area contributed by atoms with Gasteiger partial charge in [0.05, 0.1) is 20.1 Å². The molecule has 0 unspecified atom stereocenters. The summed E-state index contributed by atoms with van der Waals surface area (Å²) in [7, 11) is 3.16. The second-order valence-electron chi connectivity index (χ2n) is 9.35. The molecule has 1 aliphatic heterocycles. The van der Waals surface area contributed by atoms with Crippen molar-refractivity contribution >= 4 is 33.4 Å². The lowest BCUT2D eigenvalue weighted by atomic mass is 9.68. The van der Waals surface area contributed by atoms with Gasteiger partial charge in [-0.2, -0.15) is 0 Å². The number of Topliss-reactive ketones (excluding diaryl/α,β-unsaturated/α-hetero) is 1. The Kier molecular flexibility index (Phi) is 6.53. The van der Waals surface area contributed by atoms with Gasteiger partial charge in [0, 0.05) is 51.3 Å². The summed E-state index contributed by atoms with van der Waals surface area (Å²) in [5, 5.41) is 6.26. The molecule has 1 amide bonds. The molecule has 0 saturated heterocycles. The van der Waals surface area contributed by atoms with Crippen molar-refractivity contribution in [2.75, 3.05) is 19.5 Å². The zero-order valence-electron chi connectivity index (χ0n) is 19.9. The molecule has 4 rings (SSSR count). The van der Waals surface area contributed by atoms with Gasteiger partial charge in [-0.15, -0.1) is 0 Å². The normalized spacial score (nSPS) is 19.4. The lowest BCUT2D eigenvalue weighted by Gasteiger charge is -2.40. The Morgan fingerprint density at radius 1 is 1.18 bits per heavy atom.